The predicted molar refractivity (Wildman–Crippen MR) is 127 cm³/mol. The molecule has 9 heteroatoms. The predicted octanol–water partition coefficient (Wildman–Crippen LogP) is 7.69. The molecule has 194 valence electrons. The molecule has 35 heavy (non-hydrogen) atoms. The SMILES string of the molecule is CCCCCCCCCCCc1ccc(-c2noc(C3CCCN(C(=O)O)C3)n2)cc1C(F)(F)F. The third-order valence-corrected chi connectivity index (χ3v) is 6.71. The van der Waals surface area contributed by atoms with Crippen LogP contribution >= 0.6 is 0 Å². The number of benzene rings is 1. The summed E-state index contributed by atoms with van der Waals surface area (Å²) >= 11 is 0. The van der Waals surface area contributed by atoms with E-state index < -0.39 is 17.8 Å². The molecule has 1 aliphatic rings. The number of halogens is 3. The maximum atomic E-state index is 13.8. The minimum absolute atomic E-state index is 0.0903. The van der Waals surface area contributed by atoms with Crippen LogP contribution < -0.4 is 0 Å². The highest BCUT2D eigenvalue weighted by Crippen LogP contribution is 2.36. The van der Waals surface area contributed by atoms with Crippen molar-refractivity contribution in [1.29, 1.82) is 0 Å². The maximum Gasteiger partial charge on any atom is 0.416 e. The Morgan fingerprint density at radius 1 is 1.11 bits per heavy atom. The van der Waals surface area contributed by atoms with Gasteiger partial charge in [-0.15, -0.1) is 0 Å². The fourth-order valence-electron chi connectivity index (χ4n) is 4.69. The lowest BCUT2D eigenvalue weighted by atomic mass is 9.97. The number of likely N-dealkylation sites (tertiary alicyclic amines) is 1. The topological polar surface area (TPSA) is 79.5 Å². The van der Waals surface area contributed by atoms with Crippen molar-refractivity contribution < 1.29 is 27.6 Å². The highest BCUT2D eigenvalue weighted by atomic mass is 19.4. The van der Waals surface area contributed by atoms with Gasteiger partial charge in [0.2, 0.25) is 11.7 Å². The van der Waals surface area contributed by atoms with E-state index >= 15 is 0 Å². The first-order valence-electron chi connectivity index (χ1n) is 12.8. The molecule has 1 aromatic carbocycles. The summed E-state index contributed by atoms with van der Waals surface area (Å²) in [5.41, 5.74) is -0.123. The number of carbonyl (C=O) groups is 1. The number of piperidine rings is 1. The van der Waals surface area contributed by atoms with Crippen LogP contribution in [0.15, 0.2) is 22.7 Å². The molecule has 1 atom stereocenters. The lowest BCUT2D eigenvalue weighted by Gasteiger charge is -2.28. The molecule has 0 aliphatic carbocycles. The Morgan fingerprint density at radius 2 is 1.80 bits per heavy atom. The monoisotopic (exact) mass is 495 g/mol. The zero-order valence-corrected chi connectivity index (χ0v) is 20.4. The van der Waals surface area contributed by atoms with E-state index in [1.54, 1.807) is 6.07 Å². The van der Waals surface area contributed by atoms with Crippen LogP contribution in [-0.2, 0) is 12.6 Å². The second kappa shape index (κ2) is 12.9. The van der Waals surface area contributed by atoms with Crippen LogP contribution in [0, 0.1) is 0 Å². The Labute approximate surface area is 204 Å². The van der Waals surface area contributed by atoms with Gasteiger partial charge in [0.25, 0.3) is 0 Å². The fourth-order valence-corrected chi connectivity index (χ4v) is 4.69. The van der Waals surface area contributed by atoms with Gasteiger partial charge in [-0.3, -0.25) is 0 Å². The van der Waals surface area contributed by atoms with Gasteiger partial charge in [-0.1, -0.05) is 75.6 Å². The smallest absolute Gasteiger partial charge is 0.416 e. The number of aryl methyl sites for hydroxylation is 1. The number of aromatic nitrogens is 2. The van der Waals surface area contributed by atoms with E-state index in [-0.39, 0.29) is 35.3 Å². The number of hydrogen-bond acceptors (Lipinski definition) is 4. The zero-order chi connectivity index (χ0) is 25.3. The summed E-state index contributed by atoms with van der Waals surface area (Å²) in [5.74, 6) is 0.0972. The van der Waals surface area contributed by atoms with Crippen LogP contribution in [0.2, 0.25) is 0 Å². The van der Waals surface area contributed by atoms with E-state index in [1.165, 1.54) is 43.1 Å². The third kappa shape index (κ3) is 7.97. The molecule has 6 nitrogen and oxygen atoms in total. The first kappa shape index (κ1) is 27.0. The quantitative estimate of drug-likeness (QED) is 0.305. The Balaban J connectivity index is 1.60. The molecule has 1 aliphatic heterocycles. The van der Waals surface area contributed by atoms with Crippen molar-refractivity contribution in [1.82, 2.24) is 15.0 Å². The molecule has 1 N–H and O–H groups in total. The molecule has 1 aromatic heterocycles. The zero-order valence-electron chi connectivity index (χ0n) is 20.4. The third-order valence-electron chi connectivity index (χ3n) is 6.71. The Hall–Kier alpha value is -2.58. The number of amides is 1. The van der Waals surface area contributed by atoms with Crippen molar-refractivity contribution >= 4 is 6.09 Å². The van der Waals surface area contributed by atoms with Gasteiger partial charge in [0, 0.05) is 18.7 Å². The molecule has 0 radical (unpaired) electrons. The first-order chi connectivity index (χ1) is 16.8. The first-order valence-corrected chi connectivity index (χ1v) is 12.8. The van der Waals surface area contributed by atoms with E-state index in [0.717, 1.165) is 31.7 Å². The number of unbranched alkanes of at least 4 members (excludes halogenated alkanes) is 8. The standard InChI is InChI=1S/C26H36F3N3O3/c1-2-3-4-5-6-7-8-9-10-12-19-14-15-20(17-22(19)26(27,28)29)23-30-24(35-31-23)21-13-11-16-32(18-21)25(33)34/h14-15,17,21H,2-13,16,18H2,1H3,(H,33,34). The fraction of sp³-hybridized carbons (Fsp3) is 0.654. The molecule has 0 spiro atoms. The van der Waals surface area contributed by atoms with Crippen LogP contribution in [0.4, 0.5) is 18.0 Å². The highest BCUT2D eigenvalue weighted by Gasteiger charge is 2.34. The Kier molecular flexibility index (Phi) is 9.98. The van der Waals surface area contributed by atoms with Crippen LogP contribution in [0.5, 0.6) is 0 Å². The van der Waals surface area contributed by atoms with Crippen LogP contribution in [-0.4, -0.2) is 39.3 Å². The summed E-state index contributed by atoms with van der Waals surface area (Å²) in [4.78, 5) is 16.9. The van der Waals surface area contributed by atoms with Crippen molar-refractivity contribution in [3.63, 3.8) is 0 Å². The van der Waals surface area contributed by atoms with Gasteiger partial charge in [0.15, 0.2) is 0 Å². The maximum absolute atomic E-state index is 13.8. The average Bonchev–Trinajstić information content (AvgIpc) is 3.33. The summed E-state index contributed by atoms with van der Waals surface area (Å²) in [6.45, 7) is 2.87. The van der Waals surface area contributed by atoms with Gasteiger partial charge in [-0.05, 0) is 37.3 Å². The number of nitrogens with zero attached hydrogens (tertiary/aromatic N) is 3. The van der Waals surface area contributed by atoms with Crippen molar-refractivity contribution in [2.45, 2.75) is 96.1 Å². The number of carboxylic acid groups (broad SMARTS) is 1. The molecule has 1 amide bonds. The molecule has 1 fully saturated rings. The summed E-state index contributed by atoms with van der Waals surface area (Å²) in [7, 11) is 0. The molecule has 0 bridgehead atoms. The molecule has 2 aromatic rings. The van der Waals surface area contributed by atoms with Gasteiger partial charge >= 0.3 is 12.3 Å². The molecule has 1 unspecified atom stereocenters. The van der Waals surface area contributed by atoms with Crippen molar-refractivity contribution in [2.24, 2.45) is 0 Å². The lowest BCUT2D eigenvalue weighted by molar-refractivity contribution is -0.138. The summed E-state index contributed by atoms with van der Waals surface area (Å²) in [5, 5.41) is 13.1. The average molecular weight is 496 g/mol. The van der Waals surface area contributed by atoms with Gasteiger partial charge in [-0.25, -0.2) is 4.79 Å². The van der Waals surface area contributed by atoms with Crippen LogP contribution in [0.25, 0.3) is 11.4 Å². The van der Waals surface area contributed by atoms with Gasteiger partial charge in [-0.2, -0.15) is 18.2 Å². The van der Waals surface area contributed by atoms with E-state index in [4.69, 9.17) is 4.52 Å². The molecule has 1 saturated heterocycles. The Bertz CT molecular complexity index is 945. The summed E-state index contributed by atoms with van der Waals surface area (Å²) in [6.07, 6.45) is 6.31. The molecule has 3 rings (SSSR count). The largest absolute Gasteiger partial charge is 0.465 e. The Morgan fingerprint density at radius 3 is 2.46 bits per heavy atom. The van der Waals surface area contributed by atoms with Gasteiger partial charge in [0.1, 0.15) is 0 Å². The van der Waals surface area contributed by atoms with Crippen LogP contribution in [0.1, 0.15) is 100 Å². The summed E-state index contributed by atoms with van der Waals surface area (Å²) in [6, 6.07) is 4.23. The van der Waals surface area contributed by atoms with E-state index in [0.29, 0.717) is 25.8 Å². The minimum Gasteiger partial charge on any atom is -0.465 e. The number of hydrogen-bond donors (Lipinski definition) is 1. The van der Waals surface area contributed by atoms with Crippen molar-refractivity contribution in [3.05, 3.63) is 35.2 Å². The van der Waals surface area contributed by atoms with Crippen molar-refractivity contribution in [3.8, 4) is 11.4 Å². The van der Waals surface area contributed by atoms with Gasteiger partial charge < -0.3 is 14.5 Å². The second-order valence-electron chi connectivity index (χ2n) is 9.47. The number of alkyl halides is 3. The summed E-state index contributed by atoms with van der Waals surface area (Å²) < 4.78 is 46.7. The molecular weight excluding hydrogens is 459 g/mol. The van der Waals surface area contributed by atoms with Crippen molar-refractivity contribution in [2.75, 3.05) is 13.1 Å². The normalized spacial score (nSPS) is 16.6. The van der Waals surface area contributed by atoms with E-state index in [9.17, 15) is 23.1 Å². The van der Waals surface area contributed by atoms with Gasteiger partial charge in [0.05, 0.1) is 11.5 Å². The highest BCUT2D eigenvalue weighted by molar-refractivity contribution is 5.65. The lowest BCUT2D eigenvalue weighted by Crippen LogP contribution is -2.38. The van der Waals surface area contributed by atoms with Crippen LogP contribution in [0.3, 0.4) is 0 Å². The molecule has 2 heterocycles. The number of rotatable bonds is 12. The molecular formula is C26H36F3N3O3. The second-order valence-corrected chi connectivity index (χ2v) is 9.47. The minimum atomic E-state index is -4.47. The van der Waals surface area contributed by atoms with E-state index in [1.807, 2.05) is 0 Å². The van der Waals surface area contributed by atoms with E-state index in [2.05, 4.69) is 17.1 Å². The molecule has 0 saturated carbocycles.